The molecule has 0 bridgehead atoms. The van der Waals surface area contributed by atoms with Crippen molar-refractivity contribution in [3.8, 4) is 0 Å². The van der Waals surface area contributed by atoms with Crippen molar-refractivity contribution in [2.45, 2.75) is 39.2 Å². The van der Waals surface area contributed by atoms with Crippen LogP contribution in [0.3, 0.4) is 0 Å². The summed E-state index contributed by atoms with van der Waals surface area (Å²) in [5.74, 6) is 0.525. The van der Waals surface area contributed by atoms with Crippen LogP contribution in [0.5, 0.6) is 0 Å². The monoisotopic (exact) mass is 312 g/mol. The largest absolute Gasteiger partial charge is 0.379 e. The Kier molecular flexibility index (Phi) is 5.61. The molecular weight excluding hydrogens is 292 g/mol. The van der Waals surface area contributed by atoms with Crippen molar-refractivity contribution in [1.29, 1.82) is 0 Å². The van der Waals surface area contributed by atoms with Crippen LogP contribution in [-0.2, 0) is 11.3 Å². The van der Waals surface area contributed by atoms with Crippen LogP contribution in [0.15, 0.2) is 11.0 Å². The number of aromatic nitrogens is 2. The van der Waals surface area contributed by atoms with E-state index >= 15 is 0 Å². The molecule has 116 valence electrons. The second kappa shape index (κ2) is 7.45. The molecule has 2 N–H and O–H groups in total. The second-order valence-corrected chi connectivity index (χ2v) is 5.73. The molecule has 1 fully saturated rings. The molecule has 21 heavy (non-hydrogen) atoms. The third-order valence-corrected chi connectivity index (χ3v) is 3.64. The van der Waals surface area contributed by atoms with Gasteiger partial charge in [-0.25, -0.2) is 4.68 Å². The number of anilines is 1. The van der Waals surface area contributed by atoms with Crippen molar-refractivity contribution in [2.24, 2.45) is 5.92 Å². The molecule has 1 aromatic rings. The van der Waals surface area contributed by atoms with E-state index in [1.165, 1.54) is 10.9 Å². The minimum absolute atomic E-state index is 0.0344. The van der Waals surface area contributed by atoms with E-state index in [-0.39, 0.29) is 11.5 Å². The summed E-state index contributed by atoms with van der Waals surface area (Å²) in [6.07, 6.45) is 4.99. The molecule has 7 heteroatoms. The average molecular weight is 313 g/mol. The molecule has 0 saturated heterocycles. The van der Waals surface area contributed by atoms with E-state index in [2.05, 4.69) is 15.7 Å². The van der Waals surface area contributed by atoms with Crippen molar-refractivity contribution in [2.75, 3.05) is 18.4 Å². The molecule has 0 aromatic carbocycles. The molecule has 1 amide bonds. The zero-order chi connectivity index (χ0) is 15.2. The van der Waals surface area contributed by atoms with Gasteiger partial charge in [0.15, 0.2) is 0 Å². The highest BCUT2D eigenvalue weighted by molar-refractivity contribution is 6.33. The van der Waals surface area contributed by atoms with Crippen molar-refractivity contribution in [3.63, 3.8) is 0 Å². The maximum atomic E-state index is 12.3. The number of rotatable bonds is 8. The number of carbonyl (C=O) groups is 1. The highest BCUT2D eigenvalue weighted by Gasteiger charge is 2.23. The van der Waals surface area contributed by atoms with E-state index < -0.39 is 0 Å². The second-order valence-electron chi connectivity index (χ2n) is 5.32. The Hall–Kier alpha value is -1.56. The Bertz CT molecular complexity index is 554. The lowest BCUT2D eigenvalue weighted by atomic mass is 10.3. The van der Waals surface area contributed by atoms with Gasteiger partial charge in [0.2, 0.25) is 5.91 Å². The molecule has 0 atom stereocenters. The zero-order valence-electron chi connectivity index (χ0n) is 12.2. The van der Waals surface area contributed by atoms with E-state index in [1.54, 1.807) is 0 Å². The summed E-state index contributed by atoms with van der Waals surface area (Å²) in [6.45, 7) is 3.68. The topological polar surface area (TPSA) is 76.0 Å². The van der Waals surface area contributed by atoms with Gasteiger partial charge in [-0.1, -0.05) is 18.5 Å². The fourth-order valence-corrected chi connectivity index (χ4v) is 2.15. The number of hydrogen-bond donors (Lipinski definition) is 2. The Morgan fingerprint density at radius 3 is 2.90 bits per heavy atom. The number of carbonyl (C=O) groups excluding carboxylic acids is 1. The lowest BCUT2D eigenvalue weighted by molar-refractivity contribution is -0.120. The van der Waals surface area contributed by atoms with Gasteiger partial charge in [-0.05, 0) is 25.2 Å². The minimum Gasteiger partial charge on any atom is -0.379 e. The van der Waals surface area contributed by atoms with Crippen LogP contribution in [0.1, 0.15) is 32.6 Å². The molecule has 1 saturated carbocycles. The Morgan fingerprint density at radius 1 is 1.48 bits per heavy atom. The maximum absolute atomic E-state index is 12.3. The van der Waals surface area contributed by atoms with Crippen LogP contribution in [0, 0.1) is 5.92 Å². The molecule has 2 rings (SSSR count). The lowest BCUT2D eigenvalue weighted by Gasteiger charge is -2.10. The van der Waals surface area contributed by atoms with E-state index in [0.29, 0.717) is 42.7 Å². The van der Waals surface area contributed by atoms with Crippen molar-refractivity contribution in [3.05, 3.63) is 21.6 Å². The fourth-order valence-electron chi connectivity index (χ4n) is 1.96. The van der Waals surface area contributed by atoms with Crippen molar-refractivity contribution < 1.29 is 4.79 Å². The molecule has 1 aliphatic rings. The average Bonchev–Trinajstić information content (AvgIpc) is 3.27. The van der Waals surface area contributed by atoms with Gasteiger partial charge in [0.1, 0.15) is 5.69 Å². The van der Waals surface area contributed by atoms with Crippen LogP contribution in [0.2, 0.25) is 5.02 Å². The van der Waals surface area contributed by atoms with Crippen LogP contribution in [-0.4, -0.2) is 28.8 Å². The normalized spacial score (nSPS) is 14.0. The van der Waals surface area contributed by atoms with Gasteiger partial charge in [0.05, 0.1) is 11.2 Å². The molecular formula is C14H21ClN4O2. The first-order chi connectivity index (χ1) is 10.1. The first kappa shape index (κ1) is 15.8. The Labute approximate surface area is 128 Å². The summed E-state index contributed by atoms with van der Waals surface area (Å²) in [4.78, 5) is 23.8. The summed E-state index contributed by atoms with van der Waals surface area (Å²) in [5, 5.41) is 10.1. The van der Waals surface area contributed by atoms with Gasteiger partial charge < -0.3 is 10.6 Å². The number of nitrogens with one attached hydrogen (secondary N) is 2. The lowest BCUT2D eigenvalue weighted by Crippen LogP contribution is -2.29. The molecule has 0 unspecified atom stereocenters. The molecule has 1 aliphatic carbocycles. The Morgan fingerprint density at radius 2 is 2.24 bits per heavy atom. The number of hydrogen-bond acceptors (Lipinski definition) is 4. The quantitative estimate of drug-likeness (QED) is 0.765. The predicted octanol–water partition coefficient (Wildman–Crippen LogP) is 1.63. The smallest absolute Gasteiger partial charge is 0.291 e. The van der Waals surface area contributed by atoms with Crippen LogP contribution < -0.4 is 16.2 Å². The molecule has 0 spiro atoms. The van der Waals surface area contributed by atoms with Gasteiger partial charge in [0.25, 0.3) is 5.56 Å². The van der Waals surface area contributed by atoms with Crippen LogP contribution >= 0.6 is 11.6 Å². The van der Waals surface area contributed by atoms with Gasteiger partial charge in [-0.3, -0.25) is 9.59 Å². The number of nitrogens with zero attached hydrogens (tertiary/aromatic N) is 2. The molecule has 1 heterocycles. The molecule has 1 aromatic heterocycles. The van der Waals surface area contributed by atoms with E-state index in [1.807, 2.05) is 6.92 Å². The van der Waals surface area contributed by atoms with Crippen LogP contribution in [0.25, 0.3) is 0 Å². The number of halogens is 1. The summed E-state index contributed by atoms with van der Waals surface area (Å²) in [5.41, 5.74) is 0.110. The standard InChI is InChI=1S/C14H21ClN4O2/c1-2-6-16-12(20)5-7-17-13-11(15)8-18-19(14(13)21)9-10-3-4-10/h8,10,17H,2-7,9H2,1H3,(H,16,20). The van der Waals surface area contributed by atoms with Gasteiger partial charge >= 0.3 is 0 Å². The SMILES string of the molecule is CCCNC(=O)CCNc1c(Cl)cnn(CC2CC2)c1=O. The minimum atomic E-state index is -0.219. The first-order valence-electron chi connectivity index (χ1n) is 7.38. The predicted molar refractivity (Wildman–Crippen MR) is 82.6 cm³/mol. The third-order valence-electron chi connectivity index (χ3n) is 3.35. The van der Waals surface area contributed by atoms with E-state index in [9.17, 15) is 9.59 Å². The summed E-state index contributed by atoms with van der Waals surface area (Å²) in [7, 11) is 0. The summed E-state index contributed by atoms with van der Waals surface area (Å²) < 4.78 is 1.45. The third kappa shape index (κ3) is 4.74. The van der Waals surface area contributed by atoms with Gasteiger partial charge in [-0.2, -0.15) is 5.10 Å². The first-order valence-corrected chi connectivity index (χ1v) is 7.75. The van der Waals surface area contributed by atoms with Crippen molar-refractivity contribution >= 4 is 23.2 Å². The number of amides is 1. The summed E-state index contributed by atoms with van der Waals surface area (Å²) >= 11 is 6.01. The highest BCUT2D eigenvalue weighted by Crippen LogP contribution is 2.30. The maximum Gasteiger partial charge on any atom is 0.291 e. The zero-order valence-corrected chi connectivity index (χ0v) is 12.9. The fraction of sp³-hybridized carbons (Fsp3) is 0.643. The Balaban J connectivity index is 1.92. The molecule has 0 aliphatic heterocycles. The van der Waals surface area contributed by atoms with Crippen LogP contribution in [0.4, 0.5) is 5.69 Å². The van der Waals surface area contributed by atoms with Gasteiger partial charge in [0, 0.05) is 26.1 Å². The van der Waals surface area contributed by atoms with E-state index in [4.69, 9.17) is 11.6 Å². The molecule has 0 radical (unpaired) electrons. The van der Waals surface area contributed by atoms with Gasteiger partial charge in [-0.15, -0.1) is 0 Å². The highest BCUT2D eigenvalue weighted by atomic mass is 35.5. The van der Waals surface area contributed by atoms with E-state index in [0.717, 1.165) is 19.3 Å². The van der Waals surface area contributed by atoms with Crippen molar-refractivity contribution in [1.82, 2.24) is 15.1 Å². The summed E-state index contributed by atoms with van der Waals surface area (Å²) in [6, 6.07) is 0. The molecule has 6 nitrogen and oxygen atoms in total.